The Morgan fingerprint density at radius 1 is 1.56 bits per heavy atom. The number of amides is 1. The van der Waals surface area contributed by atoms with Gasteiger partial charge < -0.3 is 15.4 Å². The zero-order valence-electron chi connectivity index (χ0n) is 10.1. The highest BCUT2D eigenvalue weighted by molar-refractivity contribution is 6.32. The largest absolute Gasteiger partial charge is 0.482 e. The molecule has 1 rings (SSSR count). The SMILES string of the molecule is C#CCNC(=O)COc1ccc(CNC)cc1Cl. The Morgan fingerprint density at radius 3 is 2.94 bits per heavy atom. The number of carbonyl (C=O) groups is 1. The molecule has 0 aliphatic heterocycles. The van der Waals surface area contributed by atoms with Gasteiger partial charge in [0.05, 0.1) is 11.6 Å². The van der Waals surface area contributed by atoms with Gasteiger partial charge in [-0.25, -0.2) is 0 Å². The second-order valence-corrected chi connectivity index (χ2v) is 3.97. The van der Waals surface area contributed by atoms with E-state index >= 15 is 0 Å². The standard InChI is InChI=1S/C13H15ClN2O2/c1-3-6-16-13(17)9-18-12-5-4-10(8-15-2)7-11(12)14/h1,4-5,7,15H,6,8-9H2,2H3,(H,16,17). The molecule has 0 unspecified atom stereocenters. The van der Waals surface area contributed by atoms with Crippen molar-refractivity contribution in [3.63, 3.8) is 0 Å². The lowest BCUT2D eigenvalue weighted by atomic mass is 10.2. The van der Waals surface area contributed by atoms with Crippen molar-refractivity contribution in [2.24, 2.45) is 0 Å². The third-order valence-corrected chi connectivity index (χ3v) is 2.42. The number of hydrogen-bond donors (Lipinski definition) is 2. The summed E-state index contributed by atoms with van der Waals surface area (Å²) in [5, 5.41) is 6.00. The third kappa shape index (κ3) is 4.66. The Morgan fingerprint density at radius 2 is 2.33 bits per heavy atom. The Bertz CT molecular complexity index is 455. The van der Waals surface area contributed by atoms with Gasteiger partial charge in [0.1, 0.15) is 5.75 Å². The van der Waals surface area contributed by atoms with Crippen molar-refractivity contribution in [3.05, 3.63) is 28.8 Å². The molecule has 0 heterocycles. The van der Waals surface area contributed by atoms with Crippen LogP contribution < -0.4 is 15.4 Å². The summed E-state index contributed by atoms with van der Waals surface area (Å²) >= 11 is 6.04. The summed E-state index contributed by atoms with van der Waals surface area (Å²) in [7, 11) is 1.86. The monoisotopic (exact) mass is 266 g/mol. The maximum absolute atomic E-state index is 11.3. The Kier molecular flexibility index (Phi) is 6.06. The minimum absolute atomic E-state index is 0.104. The molecule has 0 aliphatic rings. The molecule has 4 nitrogen and oxygen atoms in total. The van der Waals surface area contributed by atoms with Gasteiger partial charge in [0, 0.05) is 6.54 Å². The second kappa shape index (κ2) is 7.59. The maximum atomic E-state index is 11.3. The van der Waals surface area contributed by atoms with Crippen molar-refractivity contribution in [3.8, 4) is 18.1 Å². The van der Waals surface area contributed by atoms with Crippen LogP contribution in [-0.2, 0) is 11.3 Å². The normalized spacial score (nSPS) is 9.61. The van der Waals surface area contributed by atoms with E-state index in [4.69, 9.17) is 22.8 Å². The van der Waals surface area contributed by atoms with Gasteiger partial charge >= 0.3 is 0 Å². The number of terminal acetylenes is 1. The minimum Gasteiger partial charge on any atom is -0.482 e. The van der Waals surface area contributed by atoms with Gasteiger partial charge in [-0.2, -0.15) is 0 Å². The summed E-state index contributed by atoms with van der Waals surface area (Å²) in [6.07, 6.45) is 5.02. The number of benzene rings is 1. The van der Waals surface area contributed by atoms with Gasteiger partial charge in [-0.15, -0.1) is 6.42 Å². The quantitative estimate of drug-likeness (QED) is 0.761. The van der Waals surface area contributed by atoms with Crippen LogP contribution >= 0.6 is 11.6 Å². The molecule has 1 amide bonds. The van der Waals surface area contributed by atoms with Crippen LogP contribution in [0.25, 0.3) is 0 Å². The van der Waals surface area contributed by atoms with Crippen molar-refractivity contribution < 1.29 is 9.53 Å². The van der Waals surface area contributed by atoms with E-state index in [-0.39, 0.29) is 19.1 Å². The van der Waals surface area contributed by atoms with Gasteiger partial charge in [-0.05, 0) is 24.7 Å². The van der Waals surface area contributed by atoms with Gasteiger partial charge in [-0.1, -0.05) is 23.6 Å². The highest BCUT2D eigenvalue weighted by Crippen LogP contribution is 2.25. The fourth-order valence-corrected chi connectivity index (χ4v) is 1.58. The Hall–Kier alpha value is -1.70. The number of ether oxygens (including phenoxy) is 1. The van der Waals surface area contributed by atoms with E-state index in [1.54, 1.807) is 12.1 Å². The molecule has 0 aliphatic carbocycles. The third-order valence-electron chi connectivity index (χ3n) is 2.12. The predicted octanol–water partition coefficient (Wildman–Crippen LogP) is 1.19. The number of rotatable bonds is 6. The molecular formula is C13H15ClN2O2. The van der Waals surface area contributed by atoms with Crippen LogP contribution in [-0.4, -0.2) is 26.1 Å². The van der Waals surface area contributed by atoms with Crippen LogP contribution in [0.2, 0.25) is 5.02 Å². The first kappa shape index (κ1) is 14.4. The summed E-state index contributed by atoms with van der Waals surface area (Å²) in [5.41, 5.74) is 1.05. The van der Waals surface area contributed by atoms with Crippen LogP contribution in [0.15, 0.2) is 18.2 Å². The molecule has 5 heteroatoms. The molecule has 0 aromatic heterocycles. The lowest BCUT2D eigenvalue weighted by Gasteiger charge is -2.09. The van der Waals surface area contributed by atoms with Crippen molar-refractivity contribution in [2.45, 2.75) is 6.54 Å². The Labute approximate surface area is 112 Å². The first-order chi connectivity index (χ1) is 8.67. The topological polar surface area (TPSA) is 50.4 Å². The van der Waals surface area contributed by atoms with E-state index in [1.165, 1.54) is 0 Å². The van der Waals surface area contributed by atoms with Crippen LogP contribution in [0, 0.1) is 12.3 Å². The second-order valence-electron chi connectivity index (χ2n) is 3.56. The smallest absolute Gasteiger partial charge is 0.258 e. The van der Waals surface area contributed by atoms with Crippen molar-refractivity contribution in [1.82, 2.24) is 10.6 Å². The van der Waals surface area contributed by atoms with Crippen LogP contribution in [0.1, 0.15) is 5.56 Å². The van der Waals surface area contributed by atoms with Gasteiger partial charge in [0.15, 0.2) is 6.61 Å². The lowest BCUT2D eigenvalue weighted by molar-refractivity contribution is -0.122. The number of nitrogens with one attached hydrogen (secondary N) is 2. The van der Waals surface area contributed by atoms with E-state index in [1.807, 2.05) is 13.1 Å². The first-order valence-electron chi connectivity index (χ1n) is 5.43. The van der Waals surface area contributed by atoms with Gasteiger partial charge in [0.2, 0.25) is 0 Å². The molecule has 0 fully saturated rings. The van der Waals surface area contributed by atoms with Crippen molar-refractivity contribution >= 4 is 17.5 Å². The molecule has 0 spiro atoms. The fraction of sp³-hybridized carbons (Fsp3) is 0.308. The minimum atomic E-state index is -0.275. The number of carbonyl (C=O) groups excluding carboxylic acids is 1. The van der Waals surface area contributed by atoms with E-state index in [0.29, 0.717) is 10.8 Å². The van der Waals surface area contributed by atoms with E-state index in [2.05, 4.69) is 16.6 Å². The molecule has 0 atom stereocenters. The van der Waals surface area contributed by atoms with Crippen LogP contribution in [0.5, 0.6) is 5.75 Å². The first-order valence-corrected chi connectivity index (χ1v) is 5.81. The molecule has 0 saturated heterocycles. The summed E-state index contributed by atoms with van der Waals surface area (Å²) in [4.78, 5) is 11.3. The highest BCUT2D eigenvalue weighted by atomic mass is 35.5. The molecule has 0 bridgehead atoms. The molecular weight excluding hydrogens is 252 g/mol. The lowest BCUT2D eigenvalue weighted by Crippen LogP contribution is -2.29. The molecule has 96 valence electrons. The summed E-state index contributed by atoms with van der Waals surface area (Å²) < 4.78 is 5.30. The maximum Gasteiger partial charge on any atom is 0.258 e. The van der Waals surface area contributed by atoms with Gasteiger partial charge in [-0.3, -0.25) is 4.79 Å². The van der Waals surface area contributed by atoms with Crippen LogP contribution in [0.4, 0.5) is 0 Å². The number of hydrogen-bond acceptors (Lipinski definition) is 3. The van der Waals surface area contributed by atoms with Crippen molar-refractivity contribution in [1.29, 1.82) is 0 Å². The zero-order valence-corrected chi connectivity index (χ0v) is 10.9. The number of halogens is 1. The molecule has 2 N–H and O–H groups in total. The van der Waals surface area contributed by atoms with Gasteiger partial charge in [0.25, 0.3) is 5.91 Å². The average Bonchev–Trinajstić information content (AvgIpc) is 2.35. The summed E-state index contributed by atoms with van der Waals surface area (Å²) in [6, 6.07) is 5.42. The molecule has 1 aromatic carbocycles. The van der Waals surface area contributed by atoms with Crippen LogP contribution in [0.3, 0.4) is 0 Å². The zero-order chi connectivity index (χ0) is 13.4. The predicted molar refractivity (Wildman–Crippen MR) is 71.6 cm³/mol. The average molecular weight is 267 g/mol. The van der Waals surface area contributed by atoms with E-state index in [0.717, 1.165) is 12.1 Å². The molecule has 18 heavy (non-hydrogen) atoms. The van der Waals surface area contributed by atoms with E-state index in [9.17, 15) is 4.79 Å². The molecule has 0 radical (unpaired) electrons. The highest BCUT2D eigenvalue weighted by Gasteiger charge is 2.06. The Balaban J connectivity index is 2.52. The summed E-state index contributed by atoms with van der Waals surface area (Å²) in [6.45, 7) is 0.812. The fourth-order valence-electron chi connectivity index (χ4n) is 1.32. The van der Waals surface area contributed by atoms with E-state index < -0.39 is 0 Å². The molecule has 0 saturated carbocycles. The van der Waals surface area contributed by atoms with Crippen molar-refractivity contribution in [2.75, 3.05) is 20.2 Å². The molecule has 1 aromatic rings. The summed E-state index contributed by atoms with van der Waals surface area (Å²) in [5.74, 6) is 2.51.